The van der Waals surface area contributed by atoms with Gasteiger partial charge in [0.15, 0.2) is 5.69 Å². The quantitative estimate of drug-likeness (QED) is 0.535. The summed E-state index contributed by atoms with van der Waals surface area (Å²) in [5, 5.41) is 0. The van der Waals surface area contributed by atoms with E-state index >= 15 is 4.39 Å². The number of imidazole rings is 1. The summed E-state index contributed by atoms with van der Waals surface area (Å²) in [6, 6.07) is 5.23. The molecule has 5 rings (SSSR count). The average molecular weight is 468 g/mol. The first-order chi connectivity index (χ1) is 16.5. The van der Waals surface area contributed by atoms with Gasteiger partial charge in [-0.1, -0.05) is 12.1 Å². The molecule has 2 fully saturated rings. The van der Waals surface area contributed by atoms with Crippen LogP contribution in [0.25, 0.3) is 5.78 Å². The Labute approximate surface area is 198 Å². The SMILES string of the molecule is COC(=O)c1nc2ncc(N3CCOCC3)cn2c1Cc1cccc(F)c1C1CCN(C)CC1. The molecule has 1 aromatic carbocycles. The van der Waals surface area contributed by atoms with Gasteiger partial charge in [-0.2, -0.15) is 0 Å². The number of benzene rings is 1. The maximum absolute atomic E-state index is 15.1. The molecule has 3 aromatic rings. The van der Waals surface area contributed by atoms with E-state index < -0.39 is 5.97 Å². The number of nitrogens with zero attached hydrogens (tertiary/aromatic N) is 5. The zero-order valence-corrected chi connectivity index (χ0v) is 19.7. The summed E-state index contributed by atoms with van der Waals surface area (Å²) in [7, 11) is 3.44. The zero-order valence-electron chi connectivity index (χ0n) is 19.7. The predicted octanol–water partition coefficient (Wildman–Crippen LogP) is 2.89. The molecule has 0 N–H and O–H groups in total. The Morgan fingerprint density at radius 2 is 1.97 bits per heavy atom. The normalized spacial score (nSPS) is 17.9. The van der Waals surface area contributed by atoms with Crippen LogP contribution in [0.4, 0.5) is 10.1 Å². The van der Waals surface area contributed by atoms with Gasteiger partial charge in [0.05, 0.1) is 37.9 Å². The van der Waals surface area contributed by atoms with E-state index in [-0.39, 0.29) is 17.4 Å². The summed E-state index contributed by atoms with van der Waals surface area (Å²) >= 11 is 0. The Morgan fingerprint density at radius 1 is 1.21 bits per heavy atom. The van der Waals surface area contributed by atoms with E-state index in [2.05, 4.69) is 26.8 Å². The molecule has 34 heavy (non-hydrogen) atoms. The van der Waals surface area contributed by atoms with Crippen LogP contribution in [-0.4, -0.2) is 78.8 Å². The van der Waals surface area contributed by atoms with Crippen LogP contribution < -0.4 is 4.90 Å². The first kappa shape index (κ1) is 22.7. The highest BCUT2D eigenvalue weighted by molar-refractivity contribution is 5.89. The minimum absolute atomic E-state index is 0.148. The van der Waals surface area contributed by atoms with Crippen LogP contribution in [0.2, 0.25) is 0 Å². The number of likely N-dealkylation sites (tertiary alicyclic amines) is 1. The molecular weight excluding hydrogens is 437 g/mol. The summed E-state index contributed by atoms with van der Waals surface area (Å²) in [5.41, 5.74) is 3.43. The number of ether oxygens (including phenoxy) is 2. The third kappa shape index (κ3) is 4.37. The number of methoxy groups -OCH3 is 1. The Kier molecular flexibility index (Phi) is 6.47. The number of anilines is 1. The number of piperidine rings is 1. The topological polar surface area (TPSA) is 72.2 Å². The van der Waals surface area contributed by atoms with E-state index in [0.717, 1.165) is 55.8 Å². The van der Waals surface area contributed by atoms with Crippen molar-refractivity contribution in [3.63, 3.8) is 0 Å². The van der Waals surface area contributed by atoms with Crippen molar-refractivity contribution in [2.24, 2.45) is 0 Å². The summed E-state index contributed by atoms with van der Waals surface area (Å²) in [4.78, 5) is 26.1. The van der Waals surface area contributed by atoms with Crippen LogP contribution in [-0.2, 0) is 15.9 Å². The smallest absolute Gasteiger partial charge is 0.358 e. The lowest BCUT2D eigenvalue weighted by Crippen LogP contribution is -2.36. The van der Waals surface area contributed by atoms with Crippen molar-refractivity contribution in [2.75, 3.05) is 58.5 Å². The monoisotopic (exact) mass is 467 g/mol. The number of aromatic nitrogens is 3. The van der Waals surface area contributed by atoms with Gasteiger partial charge in [-0.25, -0.2) is 19.2 Å². The number of carbonyl (C=O) groups is 1. The molecule has 180 valence electrons. The molecule has 2 saturated heterocycles. The molecule has 0 amide bonds. The number of esters is 1. The predicted molar refractivity (Wildman–Crippen MR) is 126 cm³/mol. The van der Waals surface area contributed by atoms with Gasteiger partial charge in [0.25, 0.3) is 0 Å². The van der Waals surface area contributed by atoms with Gasteiger partial charge in [0.2, 0.25) is 5.78 Å². The second kappa shape index (κ2) is 9.68. The van der Waals surface area contributed by atoms with Crippen LogP contribution in [0.5, 0.6) is 0 Å². The minimum atomic E-state index is -0.523. The summed E-state index contributed by atoms with van der Waals surface area (Å²) in [6.07, 6.45) is 5.90. The lowest BCUT2D eigenvalue weighted by Gasteiger charge is -2.30. The number of fused-ring (bicyclic) bond motifs is 1. The van der Waals surface area contributed by atoms with E-state index in [1.807, 2.05) is 16.7 Å². The molecular formula is C25H30FN5O3. The standard InChI is InChI=1S/C25H30FN5O3/c1-29-8-6-17(7-9-29)22-18(4-3-5-20(22)26)14-21-23(24(32)33-2)28-25-27-15-19(16-31(21)25)30-10-12-34-13-11-30/h3-5,15-17H,6-14H2,1-2H3. The molecule has 0 spiro atoms. The first-order valence-electron chi connectivity index (χ1n) is 11.8. The third-order valence-corrected chi connectivity index (χ3v) is 6.95. The van der Waals surface area contributed by atoms with Gasteiger partial charge in [-0.05, 0) is 56.1 Å². The van der Waals surface area contributed by atoms with Crippen molar-refractivity contribution < 1.29 is 18.7 Å². The number of halogens is 1. The summed E-state index contributed by atoms with van der Waals surface area (Å²) < 4.78 is 27.5. The van der Waals surface area contributed by atoms with E-state index in [9.17, 15) is 4.79 Å². The average Bonchev–Trinajstić information content (AvgIpc) is 3.22. The van der Waals surface area contributed by atoms with Crippen LogP contribution in [0.15, 0.2) is 30.6 Å². The maximum Gasteiger partial charge on any atom is 0.358 e. The molecule has 0 bridgehead atoms. The fourth-order valence-corrected chi connectivity index (χ4v) is 5.05. The molecule has 2 aromatic heterocycles. The van der Waals surface area contributed by atoms with Gasteiger partial charge in [-0.3, -0.25) is 4.40 Å². The highest BCUT2D eigenvalue weighted by Gasteiger charge is 2.27. The number of hydrogen-bond acceptors (Lipinski definition) is 7. The molecule has 0 aliphatic carbocycles. The van der Waals surface area contributed by atoms with Crippen molar-refractivity contribution in [2.45, 2.75) is 25.2 Å². The lowest BCUT2D eigenvalue weighted by atomic mass is 9.85. The van der Waals surface area contributed by atoms with Gasteiger partial charge in [-0.15, -0.1) is 0 Å². The molecule has 4 heterocycles. The summed E-state index contributed by atoms with van der Waals surface area (Å²) in [5.74, 6) is -0.141. The number of morpholine rings is 1. The number of carbonyl (C=O) groups excluding carboxylic acids is 1. The van der Waals surface area contributed by atoms with E-state index in [1.165, 1.54) is 13.2 Å². The van der Waals surface area contributed by atoms with E-state index in [4.69, 9.17) is 9.47 Å². The van der Waals surface area contributed by atoms with Crippen molar-refractivity contribution in [1.29, 1.82) is 0 Å². The van der Waals surface area contributed by atoms with Crippen LogP contribution in [0, 0.1) is 5.82 Å². The molecule has 9 heteroatoms. The van der Waals surface area contributed by atoms with Crippen molar-refractivity contribution in [3.05, 3.63) is 58.9 Å². The Morgan fingerprint density at radius 3 is 2.71 bits per heavy atom. The van der Waals surface area contributed by atoms with E-state index in [0.29, 0.717) is 31.1 Å². The number of rotatable bonds is 5. The Bertz CT molecular complexity index is 1180. The van der Waals surface area contributed by atoms with Gasteiger partial charge in [0, 0.05) is 25.7 Å². The third-order valence-electron chi connectivity index (χ3n) is 6.95. The van der Waals surface area contributed by atoms with Crippen molar-refractivity contribution >= 4 is 17.4 Å². The van der Waals surface area contributed by atoms with Gasteiger partial charge in [0.1, 0.15) is 5.82 Å². The zero-order chi connectivity index (χ0) is 23.7. The second-order valence-electron chi connectivity index (χ2n) is 9.05. The Hall–Kier alpha value is -3.04. The molecule has 2 aliphatic heterocycles. The number of hydrogen-bond donors (Lipinski definition) is 0. The van der Waals surface area contributed by atoms with Gasteiger partial charge < -0.3 is 19.3 Å². The minimum Gasteiger partial charge on any atom is -0.464 e. The Balaban J connectivity index is 1.57. The largest absolute Gasteiger partial charge is 0.464 e. The molecule has 0 saturated carbocycles. The first-order valence-corrected chi connectivity index (χ1v) is 11.8. The molecule has 0 atom stereocenters. The maximum atomic E-state index is 15.1. The van der Waals surface area contributed by atoms with Crippen molar-refractivity contribution in [1.82, 2.24) is 19.3 Å². The highest BCUT2D eigenvalue weighted by atomic mass is 19.1. The highest BCUT2D eigenvalue weighted by Crippen LogP contribution is 2.34. The fourth-order valence-electron chi connectivity index (χ4n) is 5.05. The van der Waals surface area contributed by atoms with E-state index in [1.54, 1.807) is 12.3 Å². The molecule has 0 unspecified atom stereocenters. The van der Waals surface area contributed by atoms with Crippen LogP contribution in [0.1, 0.15) is 46.1 Å². The van der Waals surface area contributed by atoms with Gasteiger partial charge >= 0.3 is 5.97 Å². The molecule has 2 aliphatic rings. The fraction of sp³-hybridized carbons (Fsp3) is 0.480. The summed E-state index contributed by atoms with van der Waals surface area (Å²) in [6.45, 7) is 4.73. The molecule has 0 radical (unpaired) electrons. The second-order valence-corrected chi connectivity index (χ2v) is 9.05. The van der Waals surface area contributed by atoms with Crippen molar-refractivity contribution in [3.8, 4) is 0 Å². The molecule has 8 nitrogen and oxygen atoms in total. The lowest BCUT2D eigenvalue weighted by molar-refractivity contribution is 0.0593. The van der Waals surface area contributed by atoms with Crippen LogP contribution in [0.3, 0.4) is 0 Å². The van der Waals surface area contributed by atoms with Crippen LogP contribution >= 0.6 is 0 Å².